The normalized spacial score (nSPS) is 17.9. The smallest absolute Gasteiger partial charge is 0.119 e. The molecular formula is C17H24N2O3. The number of nitrogens with zero attached hydrogens (tertiary/aromatic N) is 2. The molecule has 1 unspecified atom stereocenters. The van der Waals surface area contributed by atoms with E-state index in [0.29, 0.717) is 23.8 Å². The summed E-state index contributed by atoms with van der Waals surface area (Å²) >= 11 is 0. The molecule has 120 valence electrons. The predicted octanol–water partition coefficient (Wildman–Crippen LogP) is 1.66. The molecule has 1 aromatic rings. The molecule has 0 saturated carbocycles. The van der Waals surface area contributed by atoms with Crippen LogP contribution >= 0.6 is 0 Å². The average Bonchev–Trinajstić information content (AvgIpc) is 2.55. The van der Waals surface area contributed by atoms with E-state index >= 15 is 0 Å². The molecule has 1 saturated heterocycles. The van der Waals surface area contributed by atoms with Gasteiger partial charge in [-0.2, -0.15) is 5.26 Å². The number of rotatable bonds is 7. The van der Waals surface area contributed by atoms with Crippen molar-refractivity contribution in [2.24, 2.45) is 5.92 Å². The lowest BCUT2D eigenvalue weighted by atomic mass is 9.97. The third-order valence-corrected chi connectivity index (χ3v) is 4.00. The maximum atomic E-state index is 10.1. The Balaban J connectivity index is 1.67. The molecule has 1 fully saturated rings. The summed E-state index contributed by atoms with van der Waals surface area (Å²) in [5, 5.41) is 18.8. The molecule has 2 rings (SSSR count). The van der Waals surface area contributed by atoms with E-state index < -0.39 is 6.10 Å². The van der Waals surface area contributed by atoms with Gasteiger partial charge in [-0.3, -0.25) is 0 Å². The molecular weight excluding hydrogens is 280 g/mol. The monoisotopic (exact) mass is 304 g/mol. The minimum atomic E-state index is -0.505. The lowest BCUT2D eigenvalue weighted by Gasteiger charge is -2.32. The topological polar surface area (TPSA) is 65.7 Å². The third-order valence-electron chi connectivity index (χ3n) is 4.00. The van der Waals surface area contributed by atoms with Crippen LogP contribution in [0.15, 0.2) is 24.3 Å². The van der Waals surface area contributed by atoms with Crippen LogP contribution in [0.3, 0.4) is 0 Å². The highest BCUT2D eigenvalue weighted by atomic mass is 16.5. The molecule has 0 bridgehead atoms. The van der Waals surface area contributed by atoms with Gasteiger partial charge in [-0.15, -0.1) is 0 Å². The van der Waals surface area contributed by atoms with Crippen LogP contribution in [0.5, 0.6) is 5.75 Å². The van der Waals surface area contributed by atoms with E-state index in [2.05, 4.69) is 11.0 Å². The Morgan fingerprint density at radius 1 is 1.32 bits per heavy atom. The Bertz CT molecular complexity index is 476. The molecule has 1 aromatic carbocycles. The van der Waals surface area contributed by atoms with Crippen molar-refractivity contribution in [1.82, 2.24) is 4.90 Å². The zero-order valence-corrected chi connectivity index (χ0v) is 13.1. The van der Waals surface area contributed by atoms with E-state index in [0.717, 1.165) is 32.5 Å². The van der Waals surface area contributed by atoms with Gasteiger partial charge in [-0.1, -0.05) is 0 Å². The van der Waals surface area contributed by atoms with E-state index in [1.165, 1.54) is 0 Å². The SMILES string of the molecule is COCC1CCN(CC(O)COc2ccc(C#N)cc2)CC1. The van der Waals surface area contributed by atoms with Crippen LogP contribution in [0.4, 0.5) is 0 Å². The quantitative estimate of drug-likeness (QED) is 0.830. The first-order chi connectivity index (χ1) is 10.7. The molecule has 1 heterocycles. The number of hydrogen-bond donors (Lipinski definition) is 1. The van der Waals surface area contributed by atoms with E-state index in [-0.39, 0.29) is 6.61 Å². The van der Waals surface area contributed by atoms with Crippen molar-refractivity contribution >= 4 is 0 Å². The van der Waals surface area contributed by atoms with E-state index in [1.807, 2.05) is 0 Å². The van der Waals surface area contributed by atoms with Crippen molar-refractivity contribution < 1.29 is 14.6 Å². The molecule has 0 aromatic heterocycles. The van der Waals surface area contributed by atoms with Gasteiger partial charge in [0, 0.05) is 20.3 Å². The Morgan fingerprint density at radius 3 is 2.59 bits per heavy atom. The first-order valence-electron chi connectivity index (χ1n) is 7.73. The van der Waals surface area contributed by atoms with Gasteiger partial charge in [0.2, 0.25) is 0 Å². The first-order valence-corrected chi connectivity index (χ1v) is 7.73. The number of β-amino-alcohol motifs (C(OH)–C–C–N with tert-alkyl or cyclic N) is 1. The zero-order valence-electron chi connectivity index (χ0n) is 13.1. The number of likely N-dealkylation sites (tertiary alicyclic amines) is 1. The Morgan fingerprint density at radius 2 is 2.00 bits per heavy atom. The van der Waals surface area contributed by atoms with Crippen LogP contribution in [-0.4, -0.2) is 56.1 Å². The molecule has 0 amide bonds. The van der Waals surface area contributed by atoms with Crippen LogP contribution in [0.25, 0.3) is 0 Å². The summed E-state index contributed by atoms with van der Waals surface area (Å²) in [5.41, 5.74) is 0.604. The molecule has 0 radical (unpaired) electrons. The molecule has 0 spiro atoms. The first kappa shape index (κ1) is 16.8. The lowest BCUT2D eigenvalue weighted by Crippen LogP contribution is -2.41. The fourth-order valence-corrected chi connectivity index (χ4v) is 2.74. The number of aliphatic hydroxyl groups is 1. The number of nitriles is 1. The van der Waals surface area contributed by atoms with Crippen molar-refractivity contribution in [2.45, 2.75) is 18.9 Å². The highest BCUT2D eigenvalue weighted by molar-refractivity contribution is 5.34. The second kappa shape index (κ2) is 8.74. The molecule has 1 atom stereocenters. The minimum Gasteiger partial charge on any atom is -0.491 e. The molecule has 1 aliphatic heterocycles. The number of methoxy groups -OCH3 is 1. The Hall–Kier alpha value is -1.61. The van der Waals surface area contributed by atoms with Crippen molar-refractivity contribution in [3.8, 4) is 11.8 Å². The number of ether oxygens (including phenoxy) is 2. The number of hydrogen-bond acceptors (Lipinski definition) is 5. The van der Waals surface area contributed by atoms with Gasteiger partial charge in [0.15, 0.2) is 0 Å². The van der Waals surface area contributed by atoms with Gasteiger partial charge in [0.25, 0.3) is 0 Å². The molecule has 5 heteroatoms. The highest BCUT2D eigenvalue weighted by Crippen LogP contribution is 2.17. The average molecular weight is 304 g/mol. The van der Waals surface area contributed by atoms with Gasteiger partial charge in [-0.25, -0.2) is 0 Å². The summed E-state index contributed by atoms with van der Waals surface area (Å²) in [6.07, 6.45) is 1.74. The second-order valence-corrected chi connectivity index (χ2v) is 5.80. The maximum Gasteiger partial charge on any atom is 0.119 e. The van der Waals surface area contributed by atoms with Crippen molar-refractivity contribution in [3.63, 3.8) is 0 Å². The standard InChI is InChI=1S/C17H24N2O3/c1-21-12-15-6-8-19(9-7-15)11-16(20)13-22-17-4-2-14(10-18)3-5-17/h2-5,15-16,20H,6-9,11-13H2,1H3. The zero-order chi connectivity index (χ0) is 15.8. The number of benzene rings is 1. The second-order valence-electron chi connectivity index (χ2n) is 5.80. The number of aliphatic hydroxyl groups excluding tert-OH is 1. The fraction of sp³-hybridized carbons (Fsp3) is 0.588. The fourth-order valence-electron chi connectivity index (χ4n) is 2.74. The Labute approximate surface area is 132 Å². The maximum absolute atomic E-state index is 10.1. The van der Waals surface area contributed by atoms with Crippen LogP contribution in [0.2, 0.25) is 0 Å². The largest absolute Gasteiger partial charge is 0.491 e. The number of piperidine rings is 1. The summed E-state index contributed by atoms with van der Waals surface area (Å²) in [4.78, 5) is 2.28. The predicted molar refractivity (Wildman–Crippen MR) is 83.7 cm³/mol. The van der Waals surface area contributed by atoms with Crippen LogP contribution in [0.1, 0.15) is 18.4 Å². The molecule has 1 N–H and O–H groups in total. The van der Waals surface area contributed by atoms with Gasteiger partial charge in [0.1, 0.15) is 18.5 Å². The van der Waals surface area contributed by atoms with Crippen molar-refractivity contribution in [2.75, 3.05) is 40.0 Å². The van der Waals surface area contributed by atoms with E-state index in [4.69, 9.17) is 14.7 Å². The minimum absolute atomic E-state index is 0.268. The van der Waals surface area contributed by atoms with Crippen molar-refractivity contribution in [1.29, 1.82) is 5.26 Å². The van der Waals surface area contributed by atoms with Crippen LogP contribution in [-0.2, 0) is 4.74 Å². The summed E-state index contributed by atoms with van der Waals surface area (Å²) in [5.74, 6) is 1.32. The van der Waals surface area contributed by atoms with Gasteiger partial charge < -0.3 is 19.5 Å². The summed E-state index contributed by atoms with van der Waals surface area (Å²) in [7, 11) is 1.75. The Kier molecular flexibility index (Phi) is 6.66. The van der Waals surface area contributed by atoms with Gasteiger partial charge in [0.05, 0.1) is 11.6 Å². The van der Waals surface area contributed by atoms with E-state index in [9.17, 15) is 5.11 Å². The van der Waals surface area contributed by atoms with Crippen LogP contribution in [0, 0.1) is 17.2 Å². The summed E-state index contributed by atoms with van der Waals surface area (Å²) < 4.78 is 10.8. The molecule has 1 aliphatic rings. The molecule has 22 heavy (non-hydrogen) atoms. The third kappa shape index (κ3) is 5.30. The summed E-state index contributed by atoms with van der Waals surface area (Å²) in [6.45, 7) is 3.74. The lowest BCUT2D eigenvalue weighted by molar-refractivity contribution is 0.0440. The van der Waals surface area contributed by atoms with Gasteiger partial charge >= 0.3 is 0 Å². The van der Waals surface area contributed by atoms with Crippen molar-refractivity contribution in [3.05, 3.63) is 29.8 Å². The van der Waals surface area contributed by atoms with Gasteiger partial charge in [-0.05, 0) is 56.1 Å². The van der Waals surface area contributed by atoms with E-state index in [1.54, 1.807) is 31.4 Å². The highest BCUT2D eigenvalue weighted by Gasteiger charge is 2.21. The molecule has 5 nitrogen and oxygen atoms in total. The molecule has 0 aliphatic carbocycles. The van der Waals surface area contributed by atoms with Crippen LogP contribution < -0.4 is 4.74 Å². The summed E-state index contributed by atoms with van der Waals surface area (Å²) in [6, 6.07) is 8.99.